The molecule has 0 aliphatic rings. The van der Waals surface area contributed by atoms with Gasteiger partial charge in [0.25, 0.3) is 12.1 Å². The van der Waals surface area contributed by atoms with Crippen molar-refractivity contribution in [1.82, 2.24) is 0 Å². The highest BCUT2D eigenvalue weighted by Gasteiger charge is 2.16. The van der Waals surface area contributed by atoms with Crippen LogP contribution in [0.3, 0.4) is 0 Å². The van der Waals surface area contributed by atoms with Gasteiger partial charge in [0.1, 0.15) is 0 Å². The summed E-state index contributed by atoms with van der Waals surface area (Å²) in [6, 6.07) is 2.93. The van der Waals surface area contributed by atoms with E-state index in [1.165, 1.54) is 0 Å². The van der Waals surface area contributed by atoms with Gasteiger partial charge < -0.3 is 0 Å². The number of rotatable bonds is 2. The predicted octanol–water partition coefficient (Wildman–Crippen LogP) is 3.19. The molecule has 0 saturated carbocycles. The van der Waals surface area contributed by atoms with E-state index in [-0.39, 0.29) is 10.7 Å². The second-order valence-corrected chi connectivity index (χ2v) is 2.67. The molecule has 1 rings (SSSR count). The molecule has 0 amide bonds. The maximum atomic E-state index is 12.2. The van der Waals surface area contributed by atoms with Crippen LogP contribution in [0, 0.1) is 10.1 Å². The van der Waals surface area contributed by atoms with Gasteiger partial charge in [-0.15, -0.1) is 0 Å². The fourth-order valence-electron chi connectivity index (χ4n) is 0.812. The molecule has 0 unspecified atom stereocenters. The van der Waals surface area contributed by atoms with Gasteiger partial charge in [-0.05, 0) is 6.07 Å². The van der Waals surface area contributed by atoms with E-state index in [4.69, 9.17) is 11.6 Å². The lowest BCUT2D eigenvalue weighted by molar-refractivity contribution is -0.385. The number of benzene rings is 1. The number of nitrogens with zero attached hydrogens (tertiary/aromatic N) is 1. The molecular weight excluding hydrogens is 204 g/mol. The molecule has 0 aliphatic carbocycles. The van der Waals surface area contributed by atoms with Gasteiger partial charge in [0.2, 0.25) is 0 Å². The SMILES string of the molecule is O=[N+]([O-])c1ccc(Cl)c(C(F)F)c1. The van der Waals surface area contributed by atoms with Gasteiger partial charge >= 0.3 is 0 Å². The first-order valence-corrected chi connectivity index (χ1v) is 3.62. The Hall–Kier alpha value is -1.23. The molecule has 13 heavy (non-hydrogen) atoms. The summed E-state index contributed by atoms with van der Waals surface area (Å²) in [7, 11) is 0. The summed E-state index contributed by atoms with van der Waals surface area (Å²) >= 11 is 5.39. The minimum Gasteiger partial charge on any atom is -0.258 e. The Morgan fingerprint density at radius 2 is 2.08 bits per heavy atom. The van der Waals surface area contributed by atoms with Crippen LogP contribution in [-0.2, 0) is 0 Å². The van der Waals surface area contributed by atoms with Crippen molar-refractivity contribution >= 4 is 17.3 Å². The fraction of sp³-hybridized carbons (Fsp3) is 0.143. The largest absolute Gasteiger partial charge is 0.270 e. The van der Waals surface area contributed by atoms with Crippen molar-refractivity contribution in [2.45, 2.75) is 6.43 Å². The molecule has 1 aromatic rings. The van der Waals surface area contributed by atoms with Crippen LogP contribution in [0.1, 0.15) is 12.0 Å². The highest BCUT2D eigenvalue weighted by molar-refractivity contribution is 6.31. The van der Waals surface area contributed by atoms with Crippen molar-refractivity contribution in [3.05, 3.63) is 38.9 Å². The molecule has 6 heteroatoms. The van der Waals surface area contributed by atoms with Gasteiger partial charge in [-0.1, -0.05) is 11.6 Å². The van der Waals surface area contributed by atoms with E-state index in [2.05, 4.69) is 0 Å². The lowest BCUT2D eigenvalue weighted by Gasteiger charge is -2.01. The van der Waals surface area contributed by atoms with Crippen LogP contribution in [0.4, 0.5) is 14.5 Å². The van der Waals surface area contributed by atoms with Crippen LogP contribution in [-0.4, -0.2) is 4.92 Å². The van der Waals surface area contributed by atoms with E-state index >= 15 is 0 Å². The maximum Gasteiger partial charge on any atom is 0.270 e. The molecule has 1 aromatic carbocycles. The molecule has 0 aromatic heterocycles. The first-order valence-electron chi connectivity index (χ1n) is 3.24. The third-order valence-corrected chi connectivity index (χ3v) is 1.77. The molecule has 0 radical (unpaired) electrons. The van der Waals surface area contributed by atoms with Crippen molar-refractivity contribution in [3.63, 3.8) is 0 Å². The van der Waals surface area contributed by atoms with Crippen LogP contribution >= 0.6 is 11.6 Å². The molecule has 3 nitrogen and oxygen atoms in total. The van der Waals surface area contributed by atoms with Gasteiger partial charge in [-0.25, -0.2) is 8.78 Å². The molecule has 0 bridgehead atoms. The van der Waals surface area contributed by atoms with E-state index in [0.717, 1.165) is 18.2 Å². The number of alkyl halides is 2. The molecule has 0 saturated heterocycles. The van der Waals surface area contributed by atoms with Crippen LogP contribution in [0.2, 0.25) is 5.02 Å². The Bertz CT molecular complexity index is 343. The lowest BCUT2D eigenvalue weighted by atomic mass is 10.2. The van der Waals surface area contributed by atoms with Crippen molar-refractivity contribution in [1.29, 1.82) is 0 Å². The second-order valence-electron chi connectivity index (χ2n) is 2.26. The van der Waals surface area contributed by atoms with Crippen LogP contribution in [0.25, 0.3) is 0 Å². The smallest absolute Gasteiger partial charge is 0.258 e. The predicted molar refractivity (Wildman–Crippen MR) is 43.1 cm³/mol. The van der Waals surface area contributed by atoms with Crippen molar-refractivity contribution in [2.75, 3.05) is 0 Å². The summed E-state index contributed by atoms with van der Waals surface area (Å²) in [6.45, 7) is 0. The molecule has 0 N–H and O–H groups in total. The monoisotopic (exact) mass is 207 g/mol. The average molecular weight is 208 g/mol. The highest BCUT2D eigenvalue weighted by atomic mass is 35.5. The van der Waals surface area contributed by atoms with Crippen molar-refractivity contribution in [3.8, 4) is 0 Å². The number of nitro groups is 1. The Morgan fingerprint density at radius 3 is 2.54 bits per heavy atom. The first-order chi connectivity index (χ1) is 6.02. The summed E-state index contributed by atoms with van der Waals surface area (Å²) < 4.78 is 24.3. The molecular formula is C7H4ClF2NO2. The Labute approximate surface area is 77.1 Å². The molecule has 0 spiro atoms. The topological polar surface area (TPSA) is 43.1 Å². The second kappa shape index (κ2) is 3.66. The molecule has 0 atom stereocenters. The minimum absolute atomic E-state index is 0.166. The number of nitro benzene ring substituents is 1. The third-order valence-electron chi connectivity index (χ3n) is 1.43. The van der Waals surface area contributed by atoms with Gasteiger partial charge in [0, 0.05) is 22.7 Å². The van der Waals surface area contributed by atoms with Crippen LogP contribution in [0.5, 0.6) is 0 Å². The zero-order chi connectivity index (χ0) is 10.0. The van der Waals surface area contributed by atoms with Crippen LogP contribution < -0.4 is 0 Å². The normalized spacial score (nSPS) is 10.5. The molecule has 0 aliphatic heterocycles. The molecule has 0 heterocycles. The maximum absolute atomic E-state index is 12.2. The van der Waals surface area contributed by atoms with E-state index in [1.54, 1.807) is 0 Å². The summed E-state index contributed by atoms with van der Waals surface area (Å²) in [5, 5.41) is 10.0. The van der Waals surface area contributed by atoms with Gasteiger partial charge in [0.05, 0.1) is 4.92 Å². The quantitative estimate of drug-likeness (QED) is 0.552. The number of hydrogen-bond acceptors (Lipinski definition) is 2. The number of non-ortho nitro benzene ring substituents is 1. The Morgan fingerprint density at radius 1 is 1.46 bits per heavy atom. The number of halogens is 3. The standard InChI is InChI=1S/C7H4ClF2NO2/c8-6-2-1-4(11(12)13)3-5(6)7(9)10/h1-3,7H. The third kappa shape index (κ3) is 2.12. The summed E-state index contributed by atoms with van der Waals surface area (Å²) in [5.74, 6) is 0. The van der Waals surface area contributed by atoms with Crippen LogP contribution in [0.15, 0.2) is 18.2 Å². The van der Waals surface area contributed by atoms with E-state index in [1.807, 2.05) is 0 Å². The fourth-order valence-corrected chi connectivity index (χ4v) is 1.01. The number of hydrogen-bond donors (Lipinski definition) is 0. The minimum atomic E-state index is -2.80. The lowest BCUT2D eigenvalue weighted by Crippen LogP contribution is -1.91. The zero-order valence-corrected chi connectivity index (χ0v) is 6.96. The average Bonchev–Trinajstić information content (AvgIpc) is 2.04. The first kappa shape index (κ1) is 9.85. The Kier molecular flexibility index (Phi) is 2.77. The van der Waals surface area contributed by atoms with E-state index in [9.17, 15) is 18.9 Å². The van der Waals surface area contributed by atoms with Crippen molar-refractivity contribution < 1.29 is 13.7 Å². The highest BCUT2D eigenvalue weighted by Crippen LogP contribution is 2.29. The van der Waals surface area contributed by atoms with Gasteiger partial charge in [-0.2, -0.15) is 0 Å². The summed E-state index contributed by atoms with van der Waals surface area (Å²) in [4.78, 5) is 9.46. The summed E-state index contributed by atoms with van der Waals surface area (Å²) in [5.41, 5.74) is -0.907. The Balaban J connectivity index is 3.19. The molecule has 0 fully saturated rings. The molecule has 70 valence electrons. The van der Waals surface area contributed by atoms with E-state index in [0.29, 0.717) is 0 Å². The van der Waals surface area contributed by atoms with Gasteiger partial charge in [0.15, 0.2) is 0 Å². The van der Waals surface area contributed by atoms with Gasteiger partial charge in [-0.3, -0.25) is 10.1 Å². The van der Waals surface area contributed by atoms with E-state index < -0.39 is 16.9 Å². The zero-order valence-electron chi connectivity index (χ0n) is 6.21. The van der Waals surface area contributed by atoms with Crippen molar-refractivity contribution in [2.24, 2.45) is 0 Å². The summed E-state index contributed by atoms with van der Waals surface area (Å²) in [6.07, 6.45) is -2.80.